The van der Waals surface area contributed by atoms with Crippen LogP contribution in [0.2, 0.25) is 0 Å². The molecule has 8 aliphatic heterocycles. The molecule has 8 aliphatic rings. The molecule has 9 heterocycles. The summed E-state index contributed by atoms with van der Waals surface area (Å²) in [4.78, 5) is 22.4. The Morgan fingerprint density at radius 3 is 0.739 bits per heavy atom. The fourth-order valence-electron chi connectivity index (χ4n) is 22.0. The van der Waals surface area contributed by atoms with Crippen molar-refractivity contribution in [3.63, 3.8) is 0 Å². The summed E-state index contributed by atoms with van der Waals surface area (Å²) in [5.74, 6) is 1.31. The van der Waals surface area contributed by atoms with Crippen molar-refractivity contribution in [1.29, 1.82) is 0 Å². The predicted molar refractivity (Wildman–Crippen MR) is 341 cm³/mol. The first-order valence-electron chi connectivity index (χ1n) is 33.4. The molecule has 506 valence electrons. The lowest BCUT2D eigenvalue weighted by molar-refractivity contribution is -0.324. The van der Waals surface area contributed by atoms with Crippen molar-refractivity contribution in [2.45, 2.75) is 402 Å². The van der Waals surface area contributed by atoms with Crippen LogP contribution in [0.15, 0.2) is 0 Å². The van der Waals surface area contributed by atoms with Gasteiger partial charge in [-0.05, 0) is 283 Å². The van der Waals surface area contributed by atoms with Crippen LogP contribution >= 0.6 is 0 Å². The van der Waals surface area contributed by atoms with E-state index < -0.39 is 88.6 Å². The van der Waals surface area contributed by atoms with Crippen molar-refractivity contribution >= 4 is 17.8 Å². The molecule has 0 aliphatic carbocycles. The average Bonchev–Trinajstić information content (AvgIpc) is 0.931. The molecule has 0 aromatic carbocycles. The lowest BCUT2D eigenvalue weighted by Crippen LogP contribution is -2.75. The summed E-state index contributed by atoms with van der Waals surface area (Å²) in [5, 5.41) is 114. The van der Waals surface area contributed by atoms with Crippen molar-refractivity contribution < 1.29 is 41.7 Å². The van der Waals surface area contributed by atoms with Crippen LogP contribution in [-0.2, 0) is 0 Å². The first kappa shape index (κ1) is 70.1. The second-order valence-corrected chi connectivity index (χ2v) is 38.4. The molecule has 0 bridgehead atoms. The van der Waals surface area contributed by atoms with E-state index in [1.807, 2.05) is 27.7 Å². The smallest absolute Gasteiger partial charge is 0.232 e. The van der Waals surface area contributed by atoms with Crippen LogP contribution < -0.4 is 15.1 Å². The van der Waals surface area contributed by atoms with Gasteiger partial charge in [0.2, 0.25) is 17.8 Å². The van der Waals surface area contributed by atoms with E-state index >= 15 is 0 Å². The highest BCUT2D eigenvalue weighted by atomic mass is 16.5. The zero-order valence-electron chi connectivity index (χ0n) is 59.6. The third kappa shape index (κ3) is 11.9. The van der Waals surface area contributed by atoms with Gasteiger partial charge in [0.05, 0.1) is 16.6 Å². The molecule has 9 rings (SSSR count). The number of nitrogens with zero attached hydrogens (tertiary/aromatic N) is 13. The molecule has 3 unspecified atom stereocenters. The minimum atomic E-state index is -0.814. The van der Waals surface area contributed by atoms with Gasteiger partial charge in [0.1, 0.15) is 0 Å². The number of hydroxylamine groups is 16. The van der Waals surface area contributed by atoms with Gasteiger partial charge >= 0.3 is 0 Å². The Kier molecular flexibility index (Phi) is 16.8. The quantitative estimate of drug-likeness (QED) is 0.117. The van der Waals surface area contributed by atoms with Gasteiger partial charge in [-0.25, -0.2) is 0 Å². The van der Waals surface area contributed by atoms with Gasteiger partial charge in [-0.1, -0.05) is 0 Å². The zero-order valence-corrected chi connectivity index (χ0v) is 59.6. The maximum atomic E-state index is 12.9. The highest BCUT2D eigenvalue weighted by Gasteiger charge is 2.65. The molecule has 22 nitrogen and oxygen atoms in total. The Bertz CT molecular complexity index is 2530. The number of rotatable bonds is 8. The number of hydrogen-bond acceptors (Lipinski definition) is 22. The molecule has 3 atom stereocenters. The summed E-state index contributed by atoms with van der Waals surface area (Å²) in [6.07, 6.45) is 8.18. The third-order valence-corrected chi connectivity index (χ3v) is 23.4. The maximum absolute atomic E-state index is 12.9. The molecular formula is C66H124N14O8. The fourth-order valence-corrected chi connectivity index (χ4v) is 22.0. The Hall–Kier alpha value is -2.23. The number of nitrogens with one attached hydrogen (secondary N) is 1. The van der Waals surface area contributed by atoms with E-state index in [1.165, 1.54) is 25.3 Å². The minimum Gasteiger partial charge on any atom is -0.351 e. The third-order valence-electron chi connectivity index (χ3n) is 23.4. The van der Waals surface area contributed by atoms with Gasteiger partial charge in [0, 0.05) is 102 Å². The number of aromatic nitrogens is 3. The monoisotopic (exact) mass is 1240 g/mol. The minimum absolute atomic E-state index is 0.247. The fraction of sp³-hybridized carbons (Fsp3) is 0.955. The first-order valence-corrected chi connectivity index (χ1v) is 33.4. The van der Waals surface area contributed by atoms with Crippen LogP contribution in [0.5, 0.6) is 0 Å². The number of hydrogen-bond donors (Lipinski definition) is 9. The summed E-state index contributed by atoms with van der Waals surface area (Å²) in [6.45, 7) is 54.0. The van der Waals surface area contributed by atoms with E-state index in [-0.39, 0.29) is 30.2 Å². The normalized spacial score (nSPS) is 34.2. The van der Waals surface area contributed by atoms with E-state index in [9.17, 15) is 41.7 Å². The lowest BCUT2D eigenvalue weighted by Gasteiger charge is -2.65. The average molecular weight is 1240 g/mol. The molecule has 1 aromatic rings. The molecule has 3 spiro atoms. The van der Waals surface area contributed by atoms with Crippen LogP contribution in [-0.4, -0.2) is 216 Å². The zero-order chi connectivity index (χ0) is 66.5. The predicted octanol–water partition coefficient (Wildman–Crippen LogP) is 12.0. The summed E-state index contributed by atoms with van der Waals surface area (Å²) in [6, 6.07) is -1.34. The van der Waals surface area contributed by atoms with Crippen molar-refractivity contribution in [2.75, 3.05) is 15.1 Å². The summed E-state index contributed by atoms with van der Waals surface area (Å²) in [7, 11) is 0. The molecule has 0 amide bonds. The Morgan fingerprint density at radius 2 is 0.477 bits per heavy atom. The largest absolute Gasteiger partial charge is 0.351 e. The van der Waals surface area contributed by atoms with Gasteiger partial charge < -0.3 is 56.8 Å². The second-order valence-electron chi connectivity index (χ2n) is 38.4. The molecule has 22 heteroatoms. The Balaban J connectivity index is 1.32. The molecule has 0 radical (unpaired) electrons. The SMILES string of the molecule is CC1(C)CC(N(c2nc(NC3CC(C)(C)N(O)C4(C3)CC(C)(C)N(O)C(C)(C)C4)nc(N(C3CC(C)(C)N(O)C(C)(C)C3)C3CC(C)(C)N(O)C4(C3)CC(C)(C)N(O)C(C)(C)C4)n2)C2CC(C)(C)N(O)C3(C2)CC(C)(C)N(O)C(C)(C)C3)CC(C)(C)N1O. The van der Waals surface area contributed by atoms with Crippen LogP contribution in [0, 0.1) is 0 Å². The maximum Gasteiger partial charge on any atom is 0.232 e. The van der Waals surface area contributed by atoms with E-state index in [2.05, 4.69) is 167 Å². The topological polar surface area (TPSA) is 245 Å². The van der Waals surface area contributed by atoms with E-state index in [0.717, 1.165) is 0 Å². The van der Waals surface area contributed by atoms with Gasteiger partial charge in [0.25, 0.3) is 0 Å². The second kappa shape index (κ2) is 21.1. The van der Waals surface area contributed by atoms with Crippen molar-refractivity contribution in [1.82, 2.24) is 55.5 Å². The van der Waals surface area contributed by atoms with Crippen molar-refractivity contribution in [3.8, 4) is 0 Å². The summed E-state index contributed by atoms with van der Waals surface area (Å²) >= 11 is 0. The van der Waals surface area contributed by atoms with Gasteiger partial charge in [-0.2, -0.15) is 55.5 Å². The van der Waals surface area contributed by atoms with E-state index in [0.29, 0.717) is 121 Å². The highest BCUT2D eigenvalue weighted by molar-refractivity contribution is 5.50. The Morgan fingerprint density at radius 1 is 0.273 bits per heavy atom. The highest BCUT2D eigenvalue weighted by Crippen LogP contribution is 2.58. The number of anilines is 3. The van der Waals surface area contributed by atoms with Gasteiger partial charge in [0.15, 0.2) is 0 Å². The van der Waals surface area contributed by atoms with Gasteiger partial charge in [-0.15, -0.1) is 0 Å². The summed E-state index contributed by atoms with van der Waals surface area (Å²) < 4.78 is 0. The van der Waals surface area contributed by atoms with Crippen LogP contribution in [0.1, 0.15) is 283 Å². The Labute approximate surface area is 529 Å². The number of piperidine rings is 8. The summed E-state index contributed by atoms with van der Waals surface area (Å²) in [5.41, 5.74) is -11.7. The van der Waals surface area contributed by atoms with Crippen molar-refractivity contribution in [3.05, 3.63) is 0 Å². The van der Waals surface area contributed by atoms with E-state index in [4.69, 9.17) is 15.0 Å². The van der Waals surface area contributed by atoms with Crippen LogP contribution in [0.4, 0.5) is 17.8 Å². The molecule has 9 N–H and O–H groups in total. The molecule has 1 aromatic heterocycles. The van der Waals surface area contributed by atoms with Crippen LogP contribution in [0.25, 0.3) is 0 Å². The standard InChI is InChI=1S/C66H124N14O8/c1-51(2)27-43(28-64(78(51)86)37-58(15,16)75(83)59(17,18)38-64)67-48-68-49(71(44-29-52(3,4)73(81)53(5,6)30-44)46-33-56(11,12)79(87)65(35-46)39-60(19,20)76(84)61(21,22)40-65)70-50(69-48)72(45-31-54(7,8)74(82)55(9,10)32-45)47-34-57(13,14)80(88)66(36-47)41-62(23,24)77(85)63(25,26)42-66/h43-47,81-88H,27-42H2,1-26H3,(H,67,68,69,70). The molecule has 0 saturated carbocycles. The molecule has 88 heavy (non-hydrogen) atoms. The van der Waals surface area contributed by atoms with Crippen LogP contribution in [0.3, 0.4) is 0 Å². The first-order chi connectivity index (χ1) is 39.4. The molecule has 8 fully saturated rings. The van der Waals surface area contributed by atoms with Gasteiger partial charge in [-0.3, -0.25) is 0 Å². The molecular weight excluding hydrogens is 1120 g/mol. The molecule has 8 saturated heterocycles. The van der Waals surface area contributed by atoms with E-state index in [1.54, 1.807) is 15.2 Å². The lowest BCUT2D eigenvalue weighted by atomic mass is 9.63. The van der Waals surface area contributed by atoms with Crippen molar-refractivity contribution in [2.24, 2.45) is 0 Å².